The van der Waals surface area contributed by atoms with Crippen LogP contribution < -0.4 is 59.1 Å². The van der Waals surface area contributed by atoms with Crippen molar-refractivity contribution in [3.63, 3.8) is 0 Å². The molecule has 0 unspecified atom stereocenters. The van der Waals surface area contributed by atoms with Gasteiger partial charge in [-0.25, -0.2) is 0 Å². The molecule has 0 radical (unpaired) electrons. The van der Waals surface area contributed by atoms with Gasteiger partial charge in [-0.1, -0.05) is 120 Å². The molecular formula is C24H36Na2O4S. The van der Waals surface area contributed by atoms with Crippen molar-refractivity contribution in [1.29, 1.82) is 0 Å². The average molecular weight is 467 g/mol. The number of fused-ring (bicyclic) bond motifs is 1. The van der Waals surface area contributed by atoms with E-state index in [2.05, 4.69) is 49.4 Å². The van der Waals surface area contributed by atoms with E-state index in [0.717, 1.165) is 0 Å². The van der Waals surface area contributed by atoms with Gasteiger partial charge in [-0.15, -0.1) is 0 Å². The third-order valence-electron chi connectivity index (χ3n) is 5.18. The Hall–Kier alpha value is 0.570. The first-order valence-corrected chi connectivity index (χ1v) is 12.4. The van der Waals surface area contributed by atoms with Crippen molar-refractivity contribution < 1.29 is 76.6 Å². The Kier molecular flexibility index (Phi) is 23.0. The molecule has 0 fully saturated rings. The van der Waals surface area contributed by atoms with Gasteiger partial charge in [-0.2, -0.15) is 0 Å². The number of unbranched alkanes of at least 4 members (excludes halogenated alkanes) is 11. The first-order chi connectivity index (χ1) is 13.9. The van der Waals surface area contributed by atoms with Gasteiger partial charge in [0.15, 0.2) is 0 Å². The predicted molar refractivity (Wildman–Crippen MR) is 119 cm³/mol. The monoisotopic (exact) mass is 466 g/mol. The van der Waals surface area contributed by atoms with Crippen LogP contribution in [0, 0.1) is 0 Å². The Balaban J connectivity index is 0. The average Bonchev–Trinajstić information content (AvgIpc) is 2.67. The first-order valence-electron chi connectivity index (χ1n) is 11.0. The molecule has 0 aliphatic heterocycles. The summed E-state index contributed by atoms with van der Waals surface area (Å²) in [7, 11) is -5.17. The second-order valence-corrected chi connectivity index (χ2v) is 8.50. The van der Waals surface area contributed by atoms with Gasteiger partial charge in [-0.05, 0) is 29.2 Å². The van der Waals surface area contributed by atoms with Gasteiger partial charge in [-0.3, -0.25) is 8.42 Å². The standard InChI is InChI=1S/C24H36.2Na.H2O4S/c1-2-3-4-5-6-7-8-9-10-11-12-13-17-22-19-16-20-23-18-14-15-21-24(22)23;;;1-5(2,3)4/h14-16,18-21H,2-13,17H2,1H3;;;(H2,1,2,3,4)/q;2*+1;/p-2. The Bertz CT molecular complexity index is 769. The van der Waals surface area contributed by atoms with Gasteiger partial charge >= 0.3 is 59.1 Å². The summed E-state index contributed by atoms with van der Waals surface area (Å²) in [5.74, 6) is 0. The Labute approximate surface area is 234 Å². The Morgan fingerprint density at radius 1 is 0.645 bits per heavy atom. The van der Waals surface area contributed by atoms with E-state index in [0.29, 0.717) is 0 Å². The maximum absolute atomic E-state index is 8.52. The molecule has 0 N–H and O–H groups in total. The maximum Gasteiger partial charge on any atom is 1.00 e. The number of rotatable bonds is 13. The molecule has 0 saturated heterocycles. The first kappa shape index (κ1) is 33.7. The maximum atomic E-state index is 8.52. The summed E-state index contributed by atoms with van der Waals surface area (Å²) in [4.78, 5) is 0. The van der Waals surface area contributed by atoms with Gasteiger partial charge in [0.05, 0.1) is 0 Å². The van der Waals surface area contributed by atoms with E-state index in [4.69, 9.17) is 17.5 Å². The number of aryl methyl sites for hydroxylation is 1. The van der Waals surface area contributed by atoms with Gasteiger partial charge in [0.25, 0.3) is 0 Å². The molecule has 2 aromatic rings. The smallest absolute Gasteiger partial charge is 0.759 e. The van der Waals surface area contributed by atoms with Crippen LogP contribution in [0.15, 0.2) is 42.5 Å². The summed E-state index contributed by atoms with van der Waals surface area (Å²) < 4.78 is 34.1. The zero-order chi connectivity index (χ0) is 21.4. The summed E-state index contributed by atoms with van der Waals surface area (Å²) >= 11 is 0. The predicted octanol–water partition coefficient (Wildman–Crippen LogP) is 0.753. The number of hydrogen-bond donors (Lipinski definition) is 0. The minimum atomic E-state index is -5.17. The zero-order valence-corrected chi connectivity index (χ0v) is 24.6. The molecule has 0 heterocycles. The molecule has 0 saturated carbocycles. The second-order valence-electron chi connectivity index (χ2n) is 7.69. The van der Waals surface area contributed by atoms with Crippen molar-refractivity contribution in [2.75, 3.05) is 0 Å². The van der Waals surface area contributed by atoms with Crippen molar-refractivity contribution in [3.05, 3.63) is 48.0 Å². The van der Waals surface area contributed by atoms with E-state index in [-0.39, 0.29) is 59.1 Å². The van der Waals surface area contributed by atoms with Crippen LogP contribution in [-0.4, -0.2) is 17.5 Å². The van der Waals surface area contributed by atoms with Crippen LogP contribution in [0.3, 0.4) is 0 Å². The molecule has 0 atom stereocenters. The van der Waals surface area contributed by atoms with Gasteiger partial charge in [0.1, 0.15) is 0 Å². The molecule has 0 aliphatic rings. The van der Waals surface area contributed by atoms with Crippen molar-refractivity contribution in [3.8, 4) is 0 Å². The van der Waals surface area contributed by atoms with Crippen molar-refractivity contribution in [2.24, 2.45) is 0 Å². The van der Waals surface area contributed by atoms with E-state index in [9.17, 15) is 0 Å². The van der Waals surface area contributed by atoms with Crippen molar-refractivity contribution >= 4 is 21.2 Å². The molecule has 0 spiro atoms. The van der Waals surface area contributed by atoms with Crippen LogP contribution in [-0.2, 0) is 16.8 Å². The molecule has 0 aromatic heterocycles. The molecule has 0 aliphatic carbocycles. The summed E-state index contributed by atoms with van der Waals surface area (Å²) in [6, 6.07) is 15.5. The topological polar surface area (TPSA) is 80.3 Å². The van der Waals surface area contributed by atoms with Crippen LogP contribution in [0.1, 0.15) is 89.5 Å². The summed E-state index contributed by atoms with van der Waals surface area (Å²) in [5.41, 5.74) is 1.53. The molecule has 2 rings (SSSR count). The summed E-state index contributed by atoms with van der Waals surface area (Å²) in [6.07, 6.45) is 18.3. The fourth-order valence-corrected chi connectivity index (χ4v) is 3.67. The van der Waals surface area contributed by atoms with Crippen molar-refractivity contribution in [1.82, 2.24) is 0 Å². The SMILES string of the molecule is CCCCCCCCCCCCCCc1cccc2ccccc12.O=S(=O)([O-])[O-].[Na+].[Na+]. The fourth-order valence-electron chi connectivity index (χ4n) is 3.67. The second kappa shape index (κ2) is 21.1. The van der Waals surface area contributed by atoms with E-state index in [1.54, 1.807) is 0 Å². The summed E-state index contributed by atoms with van der Waals surface area (Å²) in [5, 5.41) is 2.83. The van der Waals surface area contributed by atoms with Crippen LogP contribution in [0.25, 0.3) is 10.8 Å². The van der Waals surface area contributed by atoms with Gasteiger partial charge < -0.3 is 9.11 Å². The fraction of sp³-hybridized carbons (Fsp3) is 0.583. The molecule has 7 heteroatoms. The normalized spacial score (nSPS) is 10.5. The van der Waals surface area contributed by atoms with E-state index in [1.165, 1.54) is 99.8 Å². The van der Waals surface area contributed by atoms with Crippen LogP contribution in [0.4, 0.5) is 0 Å². The molecule has 0 amide bonds. The van der Waals surface area contributed by atoms with Crippen LogP contribution in [0.5, 0.6) is 0 Å². The van der Waals surface area contributed by atoms with Crippen molar-refractivity contribution in [2.45, 2.75) is 90.4 Å². The molecule has 164 valence electrons. The molecule has 2 aromatic carbocycles. The Morgan fingerprint density at radius 2 is 1.06 bits per heavy atom. The van der Waals surface area contributed by atoms with Gasteiger partial charge in [0, 0.05) is 10.4 Å². The number of benzene rings is 2. The Morgan fingerprint density at radius 3 is 1.58 bits per heavy atom. The van der Waals surface area contributed by atoms with E-state index >= 15 is 0 Å². The third kappa shape index (κ3) is 19.7. The van der Waals surface area contributed by atoms with Crippen LogP contribution >= 0.6 is 0 Å². The molecule has 4 nitrogen and oxygen atoms in total. The minimum Gasteiger partial charge on any atom is -0.759 e. The van der Waals surface area contributed by atoms with Crippen LogP contribution in [0.2, 0.25) is 0 Å². The molecule has 31 heavy (non-hydrogen) atoms. The molecular weight excluding hydrogens is 430 g/mol. The minimum absolute atomic E-state index is 0. The molecule has 0 bridgehead atoms. The largest absolute Gasteiger partial charge is 1.00 e. The third-order valence-corrected chi connectivity index (χ3v) is 5.18. The summed E-state index contributed by atoms with van der Waals surface area (Å²) in [6.45, 7) is 2.29. The zero-order valence-electron chi connectivity index (χ0n) is 19.8. The number of hydrogen-bond acceptors (Lipinski definition) is 4. The van der Waals surface area contributed by atoms with Gasteiger partial charge in [0.2, 0.25) is 0 Å². The quantitative estimate of drug-likeness (QED) is 0.189. The van der Waals surface area contributed by atoms with E-state index < -0.39 is 10.4 Å². The van der Waals surface area contributed by atoms with E-state index in [1.807, 2.05) is 0 Å².